The molecule has 0 aliphatic carbocycles. The van der Waals surface area contributed by atoms with E-state index in [0.29, 0.717) is 0 Å². The molecule has 0 bridgehead atoms. The SMILES string of the molecule is CN1CC(=O)N(CC(=O)N2CC(C(=O)O)C2)C1=O. The average molecular weight is 255 g/mol. The first-order valence-electron chi connectivity index (χ1n) is 5.46. The van der Waals surface area contributed by atoms with Crippen LogP contribution in [0.15, 0.2) is 0 Å². The molecule has 0 spiro atoms. The molecule has 2 rings (SSSR count). The van der Waals surface area contributed by atoms with E-state index >= 15 is 0 Å². The van der Waals surface area contributed by atoms with Crippen molar-refractivity contribution in [2.45, 2.75) is 0 Å². The highest BCUT2D eigenvalue weighted by molar-refractivity contribution is 6.04. The van der Waals surface area contributed by atoms with Crippen LogP contribution in [0.5, 0.6) is 0 Å². The van der Waals surface area contributed by atoms with Gasteiger partial charge in [0.25, 0.3) is 5.91 Å². The standard InChI is InChI=1S/C10H13N3O5/c1-11-4-8(15)13(10(11)18)5-7(14)12-2-6(3-12)9(16)17/h6H,2-5H2,1H3,(H,16,17). The monoisotopic (exact) mass is 255 g/mol. The van der Waals surface area contributed by atoms with Crippen LogP contribution in [0.1, 0.15) is 0 Å². The van der Waals surface area contributed by atoms with Crippen LogP contribution in [0.4, 0.5) is 4.79 Å². The molecule has 2 heterocycles. The van der Waals surface area contributed by atoms with Crippen LogP contribution in [0.3, 0.4) is 0 Å². The van der Waals surface area contributed by atoms with Crippen molar-refractivity contribution in [1.29, 1.82) is 0 Å². The number of carbonyl (C=O) groups is 4. The molecule has 2 aliphatic heterocycles. The molecule has 0 aromatic carbocycles. The molecule has 98 valence electrons. The lowest BCUT2D eigenvalue weighted by atomic mass is 10.0. The molecule has 0 atom stereocenters. The number of amides is 4. The van der Waals surface area contributed by atoms with E-state index in [-0.39, 0.29) is 26.2 Å². The number of carboxylic acid groups (broad SMARTS) is 1. The first-order valence-corrected chi connectivity index (χ1v) is 5.46. The molecule has 0 saturated carbocycles. The van der Waals surface area contributed by atoms with Crippen LogP contribution in [0.2, 0.25) is 0 Å². The highest BCUT2D eigenvalue weighted by Crippen LogP contribution is 2.17. The van der Waals surface area contributed by atoms with Gasteiger partial charge >= 0.3 is 12.0 Å². The van der Waals surface area contributed by atoms with Crippen molar-refractivity contribution in [1.82, 2.24) is 14.7 Å². The third kappa shape index (κ3) is 2.01. The molecule has 2 saturated heterocycles. The third-order valence-electron chi connectivity index (χ3n) is 3.11. The van der Waals surface area contributed by atoms with E-state index < -0.39 is 29.7 Å². The van der Waals surface area contributed by atoms with Gasteiger partial charge in [-0.1, -0.05) is 0 Å². The molecule has 8 heteroatoms. The minimum atomic E-state index is -0.938. The second kappa shape index (κ2) is 4.28. The van der Waals surface area contributed by atoms with Gasteiger partial charge in [-0.3, -0.25) is 19.3 Å². The second-order valence-corrected chi connectivity index (χ2v) is 4.45. The maximum Gasteiger partial charge on any atom is 0.327 e. The average Bonchev–Trinajstić information content (AvgIpc) is 2.42. The molecular weight excluding hydrogens is 242 g/mol. The fourth-order valence-electron chi connectivity index (χ4n) is 1.90. The molecule has 2 fully saturated rings. The highest BCUT2D eigenvalue weighted by atomic mass is 16.4. The van der Waals surface area contributed by atoms with Crippen LogP contribution < -0.4 is 0 Å². The first kappa shape index (κ1) is 12.3. The van der Waals surface area contributed by atoms with Gasteiger partial charge in [0.15, 0.2) is 0 Å². The summed E-state index contributed by atoms with van der Waals surface area (Å²) in [4.78, 5) is 48.7. The van der Waals surface area contributed by atoms with E-state index in [9.17, 15) is 19.2 Å². The molecule has 0 aromatic rings. The van der Waals surface area contributed by atoms with Gasteiger partial charge in [-0.25, -0.2) is 4.79 Å². The Morgan fingerprint density at radius 2 is 1.94 bits per heavy atom. The summed E-state index contributed by atoms with van der Waals surface area (Å²) >= 11 is 0. The van der Waals surface area contributed by atoms with E-state index in [2.05, 4.69) is 0 Å². The number of urea groups is 1. The minimum Gasteiger partial charge on any atom is -0.481 e. The van der Waals surface area contributed by atoms with E-state index in [1.165, 1.54) is 16.8 Å². The van der Waals surface area contributed by atoms with E-state index in [1.807, 2.05) is 0 Å². The Labute approximate surface area is 103 Å². The van der Waals surface area contributed by atoms with Gasteiger partial charge in [0.2, 0.25) is 5.91 Å². The molecule has 1 N–H and O–H groups in total. The minimum absolute atomic E-state index is 0.0239. The highest BCUT2D eigenvalue weighted by Gasteiger charge is 2.40. The molecule has 2 aliphatic rings. The largest absolute Gasteiger partial charge is 0.481 e. The Bertz CT molecular complexity index is 429. The molecule has 4 amide bonds. The zero-order valence-electron chi connectivity index (χ0n) is 9.83. The first-order chi connectivity index (χ1) is 8.40. The van der Waals surface area contributed by atoms with Gasteiger partial charge in [-0.05, 0) is 0 Å². The van der Waals surface area contributed by atoms with Crippen molar-refractivity contribution in [2.24, 2.45) is 5.92 Å². The lowest BCUT2D eigenvalue weighted by Crippen LogP contribution is -2.55. The number of carboxylic acids is 1. The molecule has 18 heavy (non-hydrogen) atoms. The van der Waals surface area contributed by atoms with Crippen LogP contribution in [0, 0.1) is 5.92 Å². The van der Waals surface area contributed by atoms with Crippen LogP contribution in [0.25, 0.3) is 0 Å². The predicted octanol–water partition coefficient (Wildman–Crippen LogP) is -1.58. The summed E-state index contributed by atoms with van der Waals surface area (Å²) in [5, 5.41) is 8.67. The summed E-state index contributed by atoms with van der Waals surface area (Å²) < 4.78 is 0. The molecule has 0 radical (unpaired) electrons. The molecule has 8 nitrogen and oxygen atoms in total. The Morgan fingerprint density at radius 1 is 1.33 bits per heavy atom. The maximum atomic E-state index is 11.7. The molecule has 0 unspecified atom stereocenters. The number of likely N-dealkylation sites (tertiary alicyclic amines) is 1. The van der Waals surface area contributed by atoms with Gasteiger partial charge < -0.3 is 14.9 Å². The van der Waals surface area contributed by atoms with Gasteiger partial charge in [-0.2, -0.15) is 0 Å². The summed E-state index contributed by atoms with van der Waals surface area (Å²) in [5.41, 5.74) is 0. The normalized spacial score (nSPS) is 20.4. The summed E-state index contributed by atoms with van der Waals surface area (Å²) in [5.74, 6) is -2.29. The van der Waals surface area contributed by atoms with Crippen LogP contribution in [-0.4, -0.2) is 76.8 Å². The maximum absolute atomic E-state index is 11.7. The van der Waals surface area contributed by atoms with E-state index in [1.54, 1.807) is 0 Å². The zero-order chi connectivity index (χ0) is 13.4. The van der Waals surface area contributed by atoms with Gasteiger partial charge in [0.1, 0.15) is 13.1 Å². The van der Waals surface area contributed by atoms with Gasteiger partial charge in [0.05, 0.1) is 5.92 Å². The summed E-state index contributed by atoms with van der Waals surface area (Å²) in [6, 6.07) is -0.497. The van der Waals surface area contributed by atoms with Crippen molar-refractivity contribution in [3.05, 3.63) is 0 Å². The number of likely N-dealkylation sites (N-methyl/N-ethyl adjacent to an activating group) is 1. The summed E-state index contributed by atoms with van der Waals surface area (Å²) in [6.07, 6.45) is 0. The predicted molar refractivity (Wildman–Crippen MR) is 57.4 cm³/mol. The number of carbonyl (C=O) groups excluding carboxylic acids is 3. The van der Waals surface area contributed by atoms with Crippen molar-refractivity contribution in [2.75, 3.05) is 33.2 Å². The van der Waals surface area contributed by atoms with Gasteiger partial charge in [-0.15, -0.1) is 0 Å². The summed E-state index contributed by atoms with van der Waals surface area (Å²) in [7, 11) is 1.48. The second-order valence-electron chi connectivity index (χ2n) is 4.45. The Hall–Kier alpha value is -2.12. The Balaban J connectivity index is 1.88. The van der Waals surface area contributed by atoms with Crippen molar-refractivity contribution >= 4 is 23.8 Å². The number of imide groups is 1. The Kier molecular flexibility index (Phi) is 2.93. The van der Waals surface area contributed by atoms with Crippen LogP contribution >= 0.6 is 0 Å². The number of hydrogen-bond donors (Lipinski definition) is 1. The summed E-state index contributed by atoms with van der Waals surface area (Å²) in [6.45, 7) is -0.0569. The zero-order valence-corrected chi connectivity index (χ0v) is 9.83. The fourth-order valence-corrected chi connectivity index (χ4v) is 1.90. The van der Waals surface area contributed by atoms with Crippen molar-refractivity contribution in [3.8, 4) is 0 Å². The Morgan fingerprint density at radius 3 is 2.39 bits per heavy atom. The van der Waals surface area contributed by atoms with Crippen molar-refractivity contribution in [3.63, 3.8) is 0 Å². The third-order valence-corrected chi connectivity index (χ3v) is 3.11. The number of hydrogen-bond acceptors (Lipinski definition) is 4. The van der Waals surface area contributed by atoms with Crippen molar-refractivity contribution < 1.29 is 24.3 Å². The van der Waals surface area contributed by atoms with E-state index in [4.69, 9.17) is 5.11 Å². The lowest BCUT2D eigenvalue weighted by molar-refractivity contribution is -0.153. The fraction of sp³-hybridized carbons (Fsp3) is 0.600. The van der Waals surface area contributed by atoms with E-state index in [0.717, 1.165) is 4.90 Å². The quantitative estimate of drug-likeness (QED) is 0.614. The molecule has 0 aromatic heterocycles. The lowest BCUT2D eigenvalue weighted by Gasteiger charge is -2.37. The molecular formula is C10H13N3O5. The topological polar surface area (TPSA) is 98.2 Å². The number of rotatable bonds is 3. The number of nitrogens with zero attached hydrogens (tertiary/aromatic N) is 3. The number of aliphatic carboxylic acids is 1. The van der Waals surface area contributed by atoms with Gasteiger partial charge in [0, 0.05) is 20.1 Å². The van der Waals surface area contributed by atoms with Crippen LogP contribution in [-0.2, 0) is 14.4 Å². The smallest absolute Gasteiger partial charge is 0.327 e.